The molecule has 5 nitrogen and oxygen atoms in total. The van der Waals surface area contributed by atoms with Gasteiger partial charge in [0, 0.05) is 12.0 Å². The van der Waals surface area contributed by atoms with E-state index in [1.807, 2.05) is 11.8 Å². The van der Waals surface area contributed by atoms with Gasteiger partial charge in [-0.15, -0.1) is 11.8 Å². The number of carbonyl (C=O) groups is 2. The number of carbonyl (C=O) groups excluding carboxylic acids is 1. The lowest BCUT2D eigenvalue weighted by atomic mass is 9.89. The molecule has 0 spiro atoms. The normalized spacial score (nSPS) is 23.6. The van der Waals surface area contributed by atoms with E-state index in [1.54, 1.807) is 6.26 Å². The number of ketones is 1. The van der Waals surface area contributed by atoms with Crippen molar-refractivity contribution in [1.82, 2.24) is 5.32 Å². The lowest BCUT2D eigenvalue weighted by Gasteiger charge is -2.27. The van der Waals surface area contributed by atoms with E-state index >= 15 is 0 Å². The van der Waals surface area contributed by atoms with Crippen LogP contribution < -0.4 is 5.32 Å². The van der Waals surface area contributed by atoms with E-state index in [2.05, 4.69) is 12.2 Å². The summed E-state index contributed by atoms with van der Waals surface area (Å²) in [5.74, 6) is -0.513. The van der Waals surface area contributed by atoms with Crippen LogP contribution in [0.5, 0.6) is 0 Å². The Labute approximate surface area is 154 Å². The average Bonchev–Trinajstić information content (AvgIpc) is 3.04. The van der Waals surface area contributed by atoms with Gasteiger partial charge in [0.1, 0.15) is 6.61 Å². The fraction of sp³-hybridized carbons (Fsp3) is 0.647. The number of nitrogens with one attached hydrogen (secondary N) is 1. The summed E-state index contributed by atoms with van der Waals surface area (Å²) in [6, 6.07) is 0. The molecule has 0 bridgehead atoms. The van der Waals surface area contributed by atoms with E-state index in [1.165, 1.54) is 24.0 Å². The number of carboxylic acid groups (broad SMARTS) is 1. The zero-order chi connectivity index (χ0) is 19.3. The van der Waals surface area contributed by atoms with Gasteiger partial charge in [-0.2, -0.15) is 13.2 Å². The monoisotopic (exact) mass is 393 g/mol. The highest BCUT2D eigenvalue weighted by Gasteiger charge is 2.38. The summed E-state index contributed by atoms with van der Waals surface area (Å²) in [6.45, 7) is 5.03. The molecule has 0 aromatic heterocycles. The molecular formula is C17H22F3NO4S. The fourth-order valence-electron chi connectivity index (χ4n) is 3.08. The number of Topliss-reactive ketones (excluding diaryl/α,β-unsaturated/α-hetero) is 1. The van der Waals surface area contributed by atoms with Gasteiger partial charge in [0.15, 0.2) is 5.78 Å². The number of aliphatic carboxylic acids is 1. The van der Waals surface area contributed by atoms with Gasteiger partial charge in [0.25, 0.3) is 0 Å². The molecule has 1 saturated heterocycles. The summed E-state index contributed by atoms with van der Waals surface area (Å²) in [7, 11) is 0. The second-order valence-electron chi connectivity index (χ2n) is 6.47. The molecule has 146 valence electrons. The maximum atomic E-state index is 12.3. The number of halogens is 3. The summed E-state index contributed by atoms with van der Waals surface area (Å²) in [4.78, 5) is 21.2. The molecule has 0 saturated carbocycles. The van der Waals surface area contributed by atoms with Gasteiger partial charge >= 0.3 is 12.1 Å². The van der Waals surface area contributed by atoms with Crippen molar-refractivity contribution >= 4 is 23.5 Å². The maximum absolute atomic E-state index is 12.3. The number of carboxylic acids is 1. The average molecular weight is 393 g/mol. The van der Waals surface area contributed by atoms with Gasteiger partial charge in [-0.1, -0.05) is 0 Å². The van der Waals surface area contributed by atoms with Crippen molar-refractivity contribution in [2.45, 2.75) is 37.6 Å². The van der Waals surface area contributed by atoms with Gasteiger partial charge in [0.05, 0.1) is 11.5 Å². The summed E-state index contributed by atoms with van der Waals surface area (Å²) < 4.78 is 37.1. The molecule has 9 heteroatoms. The Morgan fingerprint density at radius 1 is 1.38 bits per heavy atom. The Bertz CT molecular complexity index is 610. The minimum atomic E-state index is -5.08. The van der Waals surface area contributed by atoms with Crippen LogP contribution in [0.3, 0.4) is 0 Å². The number of rotatable bonds is 3. The number of thioether (sulfide) groups is 1. The predicted octanol–water partition coefficient (Wildman–Crippen LogP) is 2.92. The quantitative estimate of drug-likeness (QED) is 0.768. The van der Waals surface area contributed by atoms with Crippen molar-refractivity contribution in [3.8, 4) is 0 Å². The number of ether oxygens (including phenoxy) is 1. The smallest absolute Gasteiger partial charge is 0.490 e. The van der Waals surface area contributed by atoms with Gasteiger partial charge in [-0.25, -0.2) is 4.79 Å². The van der Waals surface area contributed by atoms with Crippen molar-refractivity contribution < 1.29 is 32.6 Å². The molecule has 1 atom stereocenters. The van der Waals surface area contributed by atoms with Crippen LogP contribution in [0.25, 0.3) is 0 Å². The highest BCUT2D eigenvalue weighted by Crippen LogP contribution is 2.37. The first-order valence-corrected chi connectivity index (χ1v) is 9.40. The molecule has 0 radical (unpaired) electrons. The van der Waals surface area contributed by atoms with E-state index in [9.17, 15) is 18.0 Å². The van der Waals surface area contributed by atoms with Gasteiger partial charge in [-0.05, 0) is 55.7 Å². The SMILES string of the molecule is CC1=C2COC=C2CC(=O)C1SCC1CCNCC1.O=C(O)C(F)(F)F. The molecule has 3 rings (SSSR count). The van der Waals surface area contributed by atoms with E-state index in [-0.39, 0.29) is 5.25 Å². The first-order valence-electron chi connectivity index (χ1n) is 8.36. The Morgan fingerprint density at radius 2 is 2.00 bits per heavy atom. The summed E-state index contributed by atoms with van der Waals surface area (Å²) in [6.07, 6.45) is -0.253. The lowest BCUT2D eigenvalue weighted by molar-refractivity contribution is -0.192. The first kappa shape index (κ1) is 20.8. The van der Waals surface area contributed by atoms with Crippen molar-refractivity contribution in [3.63, 3.8) is 0 Å². The zero-order valence-corrected chi connectivity index (χ0v) is 15.2. The number of piperidine rings is 1. The Hall–Kier alpha value is -1.48. The second kappa shape index (κ2) is 8.94. The molecule has 1 fully saturated rings. The van der Waals surface area contributed by atoms with Crippen molar-refractivity contribution in [1.29, 1.82) is 0 Å². The van der Waals surface area contributed by atoms with Crippen molar-refractivity contribution in [2.24, 2.45) is 5.92 Å². The highest BCUT2D eigenvalue weighted by atomic mass is 32.2. The van der Waals surface area contributed by atoms with Crippen LogP contribution >= 0.6 is 11.8 Å². The molecular weight excluding hydrogens is 371 g/mol. The number of hydrogen-bond donors (Lipinski definition) is 2. The third kappa shape index (κ3) is 5.51. The van der Waals surface area contributed by atoms with Crippen molar-refractivity contribution in [3.05, 3.63) is 23.0 Å². The first-order chi connectivity index (χ1) is 12.2. The largest absolute Gasteiger partial charge is 0.496 e. The Balaban J connectivity index is 0.000000298. The molecule has 2 N–H and O–H groups in total. The third-order valence-corrected chi connectivity index (χ3v) is 6.18. The molecule has 0 amide bonds. The van der Waals surface area contributed by atoms with Crippen LogP contribution in [0.2, 0.25) is 0 Å². The molecule has 3 aliphatic rings. The lowest BCUT2D eigenvalue weighted by Crippen LogP contribution is -2.31. The van der Waals surface area contributed by atoms with Crippen molar-refractivity contribution in [2.75, 3.05) is 25.4 Å². The van der Waals surface area contributed by atoms with Gasteiger partial charge < -0.3 is 15.2 Å². The zero-order valence-electron chi connectivity index (χ0n) is 14.4. The summed E-state index contributed by atoms with van der Waals surface area (Å²) in [5, 5.41) is 10.6. The van der Waals surface area contributed by atoms with Crippen LogP contribution in [0, 0.1) is 5.92 Å². The summed E-state index contributed by atoms with van der Waals surface area (Å²) >= 11 is 1.85. The third-order valence-electron chi connectivity index (χ3n) is 4.57. The van der Waals surface area contributed by atoms with Crippen LogP contribution in [0.1, 0.15) is 26.2 Å². The van der Waals surface area contributed by atoms with E-state index < -0.39 is 12.1 Å². The second-order valence-corrected chi connectivity index (χ2v) is 7.61. The summed E-state index contributed by atoms with van der Waals surface area (Å²) in [5.41, 5.74) is 3.63. The van der Waals surface area contributed by atoms with E-state index in [4.69, 9.17) is 14.6 Å². The van der Waals surface area contributed by atoms with Crippen LogP contribution in [0.4, 0.5) is 13.2 Å². The molecule has 0 aromatic rings. The molecule has 2 heterocycles. The Morgan fingerprint density at radius 3 is 2.58 bits per heavy atom. The van der Waals surface area contributed by atoms with Crippen LogP contribution in [0.15, 0.2) is 23.0 Å². The highest BCUT2D eigenvalue weighted by molar-refractivity contribution is 8.00. The topological polar surface area (TPSA) is 75.6 Å². The van der Waals surface area contributed by atoms with Gasteiger partial charge in [0.2, 0.25) is 0 Å². The molecule has 1 unspecified atom stereocenters. The van der Waals surface area contributed by atoms with E-state index in [0.29, 0.717) is 18.8 Å². The fourth-order valence-corrected chi connectivity index (χ4v) is 4.54. The van der Waals surface area contributed by atoms with Crippen LogP contribution in [-0.4, -0.2) is 53.7 Å². The minimum Gasteiger partial charge on any atom is -0.496 e. The Kier molecular flexibility index (Phi) is 7.16. The predicted molar refractivity (Wildman–Crippen MR) is 91.9 cm³/mol. The standard InChI is InChI=1S/C15H21NO2S.C2HF3O2/c1-10-13-8-18-7-12(13)6-14(17)15(10)19-9-11-2-4-16-5-3-11;3-2(4,5)1(6)7/h7,11,15-16H,2-6,8-9H2,1H3;(H,6,7). The molecule has 26 heavy (non-hydrogen) atoms. The number of hydrogen-bond acceptors (Lipinski definition) is 5. The molecule has 2 aliphatic heterocycles. The number of alkyl halides is 3. The van der Waals surface area contributed by atoms with E-state index in [0.717, 1.165) is 30.3 Å². The van der Waals surface area contributed by atoms with Crippen LogP contribution in [-0.2, 0) is 14.3 Å². The number of fused-ring (bicyclic) bond motifs is 1. The van der Waals surface area contributed by atoms with Gasteiger partial charge in [-0.3, -0.25) is 4.79 Å². The maximum Gasteiger partial charge on any atom is 0.490 e. The molecule has 0 aromatic carbocycles. The minimum absolute atomic E-state index is 0.0729. The molecule has 1 aliphatic carbocycles.